The van der Waals surface area contributed by atoms with Crippen molar-refractivity contribution in [3.63, 3.8) is 0 Å². The number of anilines is 1. The van der Waals surface area contributed by atoms with Crippen molar-refractivity contribution in [1.29, 1.82) is 0 Å². The molecule has 11 heteroatoms. The van der Waals surface area contributed by atoms with Crippen LogP contribution < -0.4 is 19.1 Å². The molecule has 0 fully saturated rings. The van der Waals surface area contributed by atoms with Crippen LogP contribution in [0.1, 0.15) is 37.8 Å². The van der Waals surface area contributed by atoms with Crippen LogP contribution >= 0.6 is 11.6 Å². The van der Waals surface area contributed by atoms with E-state index in [-0.39, 0.29) is 29.5 Å². The van der Waals surface area contributed by atoms with Gasteiger partial charge in [0.15, 0.2) is 0 Å². The average Bonchev–Trinajstić information content (AvgIpc) is 3.10. The Labute approximate surface area is 288 Å². The zero-order valence-electron chi connectivity index (χ0n) is 27.5. The monoisotopic (exact) mass is 691 g/mol. The van der Waals surface area contributed by atoms with Crippen LogP contribution in [0.15, 0.2) is 108 Å². The highest BCUT2D eigenvalue weighted by Crippen LogP contribution is 2.28. The molecule has 4 aromatic carbocycles. The molecule has 2 amide bonds. The fourth-order valence-electron chi connectivity index (χ4n) is 5.17. The van der Waals surface area contributed by atoms with E-state index in [2.05, 4.69) is 5.32 Å². The Kier molecular flexibility index (Phi) is 13.3. The number of hydrogen-bond acceptors (Lipinski definition) is 6. The van der Waals surface area contributed by atoms with Crippen LogP contribution in [0.4, 0.5) is 5.69 Å². The molecular formula is C37H42ClN3O6S. The summed E-state index contributed by atoms with van der Waals surface area (Å²) in [6, 6.07) is 28.0. The van der Waals surface area contributed by atoms with Crippen LogP contribution in [-0.2, 0) is 32.6 Å². The van der Waals surface area contributed by atoms with Gasteiger partial charge < -0.3 is 19.7 Å². The van der Waals surface area contributed by atoms with E-state index in [0.717, 1.165) is 28.3 Å². The normalized spacial score (nSPS) is 11.8. The zero-order chi connectivity index (χ0) is 34.5. The number of benzene rings is 4. The van der Waals surface area contributed by atoms with Gasteiger partial charge in [0.1, 0.15) is 24.1 Å². The second kappa shape index (κ2) is 17.6. The van der Waals surface area contributed by atoms with Gasteiger partial charge >= 0.3 is 0 Å². The molecule has 0 aliphatic rings. The van der Waals surface area contributed by atoms with E-state index in [4.69, 9.17) is 21.1 Å². The first kappa shape index (κ1) is 36.3. The lowest BCUT2D eigenvalue weighted by Gasteiger charge is -2.34. The SMILES string of the molecule is CCCCNC(=O)C(Cc1ccccc1)N(Cc1cccc(OC)c1)C(=O)CN(c1ccc(OCC)cc1)S(=O)(=O)c1ccc(Cl)cc1. The number of amides is 2. The fraction of sp³-hybridized carbons (Fsp3) is 0.297. The van der Waals surface area contributed by atoms with E-state index in [1.807, 2.05) is 56.3 Å². The minimum atomic E-state index is -4.26. The maximum absolute atomic E-state index is 14.6. The van der Waals surface area contributed by atoms with Crippen molar-refractivity contribution in [2.24, 2.45) is 0 Å². The Hall–Kier alpha value is -4.54. The number of methoxy groups -OCH3 is 1. The molecule has 0 radical (unpaired) electrons. The van der Waals surface area contributed by atoms with E-state index < -0.39 is 28.5 Å². The van der Waals surface area contributed by atoms with Crippen molar-refractivity contribution < 1.29 is 27.5 Å². The summed E-state index contributed by atoms with van der Waals surface area (Å²) in [5.74, 6) is 0.267. The highest BCUT2D eigenvalue weighted by atomic mass is 35.5. The Morgan fingerprint density at radius 2 is 1.54 bits per heavy atom. The third-order valence-corrected chi connectivity index (χ3v) is 9.74. The number of unbranched alkanes of at least 4 members (excludes halogenated alkanes) is 1. The van der Waals surface area contributed by atoms with Gasteiger partial charge in [0, 0.05) is 24.5 Å². The first-order valence-electron chi connectivity index (χ1n) is 15.9. The number of hydrogen-bond donors (Lipinski definition) is 1. The van der Waals surface area contributed by atoms with Gasteiger partial charge in [-0.25, -0.2) is 8.42 Å². The predicted octanol–water partition coefficient (Wildman–Crippen LogP) is 6.50. The number of rotatable bonds is 17. The second-order valence-corrected chi connectivity index (χ2v) is 13.4. The predicted molar refractivity (Wildman–Crippen MR) is 189 cm³/mol. The topological polar surface area (TPSA) is 105 Å². The summed E-state index contributed by atoms with van der Waals surface area (Å²) >= 11 is 6.08. The summed E-state index contributed by atoms with van der Waals surface area (Å²) < 4.78 is 40.5. The minimum Gasteiger partial charge on any atom is -0.497 e. The first-order chi connectivity index (χ1) is 23.2. The van der Waals surface area contributed by atoms with Gasteiger partial charge in [-0.15, -0.1) is 0 Å². The molecule has 0 aromatic heterocycles. The number of carbonyl (C=O) groups is 2. The van der Waals surface area contributed by atoms with Crippen molar-refractivity contribution in [1.82, 2.24) is 10.2 Å². The maximum atomic E-state index is 14.6. The molecule has 0 aliphatic heterocycles. The van der Waals surface area contributed by atoms with E-state index in [1.165, 1.54) is 29.2 Å². The highest BCUT2D eigenvalue weighted by molar-refractivity contribution is 7.92. The summed E-state index contributed by atoms with van der Waals surface area (Å²) in [5.41, 5.74) is 1.83. The summed E-state index contributed by atoms with van der Waals surface area (Å²) in [6.07, 6.45) is 1.88. The third kappa shape index (κ3) is 9.74. The molecule has 0 spiro atoms. The average molecular weight is 692 g/mol. The summed E-state index contributed by atoms with van der Waals surface area (Å²) in [6.45, 7) is 4.23. The van der Waals surface area contributed by atoms with E-state index in [0.29, 0.717) is 29.7 Å². The molecule has 254 valence electrons. The van der Waals surface area contributed by atoms with E-state index in [1.54, 1.807) is 43.5 Å². The molecule has 9 nitrogen and oxygen atoms in total. The Balaban J connectivity index is 1.80. The molecule has 0 saturated heterocycles. The number of halogens is 1. The maximum Gasteiger partial charge on any atom is 0.264 e. The minimum absolute atomic E-state index is 0.0346. The van der Waals surface area contributed by atoms with Crippen LogP contribution in [0, 0.1) is 0 Å². The van der Waals surface area contributed by atoms with Gasteiger partial charge in [0.05, 0.1) is 24.3 Å². The number of nitrogens with zero attached hydrogens (tertiary/aromatic N) is 2. The molecule has 1 N–H and O–H groups in total. The lowest BCUT2D eigenvalue weighted by Crippen LogP contribution is -2.53. The summed E-state index contributed by atoms with van der Waals surface area (Å²) in [7, 11) is -2.71. The van der Waals surface area contributed by atoms with Crippen molar-refractivity contribution in [3.05, 3.63) is 119 Å². The summed E-state index contributed by atoms with van der Waals surface area (Å²) in [5, 5.41) is 3.37. The number of ether oxygens (including phenoxy) is 2. The van der Waals surface area contributed by atoms with Crippen LogP contribution in [0.25, 0.3) is 0 Å². The van der Waals surface area contributed by atoms with Gasteiger partial charge in [-0.05, 0) is 85.1 Å². The Morgan fingerprint density at radius 3 is 2.19 bits per heavy atom. The number of sulfonamides is 1. The highest BCUT2D eigenvalue weighted by Gasteiger charge is 2.34. The molecular weight excluding hydrogens is 650 g/mol. The zero-order valence-corrected chi connectivity index (χ0v) is 29.0. The first-order valence-corrected chi connectivity index (χ1v) is 17.7. The fourth-order valence-corrected chi connectivity index (χ4v) is 6.71. The van der Waals surface area contributed by atoms with Crippen LogP contribution in [0.2, 0.25) is 5.02 Å². The lowest BCUT2D eigenvalue weighted by molar-refractivity contribution is -0.140. The number of carbonyl (C=O) groups excluding carboxylic acids is 2. The van der Waals surface area contributed by atoms with Gasteiger partial charge in [0.2, 0.25) is 11.8 Å². The van der Waals surface area contributed by atoms with E-state index in [9.17, 15) is 18.0 Å². The van der Waals surface area contributed by atoms with Gasteiger partial charge in [-0.3, -0.25) is 13.9 Å². The number of nitrogens with one attached hydrogen (secondary N) is 1. The van der Waals surface area contributed by atoms with Gasteiger partial charge in [-0.1, -0.05) is 67.4 Å². The van der Waals surface area contributed by atoms with E-state index >= 15 is 0 Å². The van der Waals surface area contributed by atoms with Crippen molar-refractivity contribution in [2.75, 3.05) is 31.1 Å². The largest absolute Gasteiger partial charge is 0.497 e. The third-order valence-electron chi connectivity index (χ3n) is 7.70. The van der Waals surface area contributed by atoms with Crippen molar-refractivity contribution >= 4 is 39.1 Å². The summed E-state index contributed by atoms with van der Waals surface area (Å²) in [4.78, 5) is 29.9. The van der Waals surface area contributed by atoms with Crippen molar-refractivity contribution in [2.45, 2.75) is 50.6 Å². The quantitative estimate of drug-likeness (QED) is 0.127. The molecule has 1 atom stereocenters. The van der Waals surface area contributed by atoms with Crippen LogP contribution in [0.3, 0.4) is 0 Å². The Morgan fingerprint density at radius 1 is 0.854 bits per heavy atom. The molecule has 0 saturated carbocycles. The Bertz CT molecular complexity index is 1740. The van der Waals surface area contributed by atoms with Crippen LogP contribution in [0.5, 0.6) is 11.5 Å². The standard InChI is InChI=1S/C37H42ClN3O6S/c1-4-6-23-39-37(43)35(25-28-11-8-7-9-12-28)40(26-29-13-10-14-33(24-29)46-3)36(42)27-41(31-17-19-32(20-18-31)47-5-2)48(44,45)34-21-15-30(38)16-22-34/h7-22,24,35H,4-6,23,25-27H2,1-3H3,(H,39,43). The lowest BCUT2D eigenvalue weighted by atomic mass is 10.0. The molecule has 48 heavy (non-hydrogen) atoms. The molecule has 4 aromatic rings. The molecule has 0 heterocycles. The molecule has 4 rings (SSSR count). The van der Waals surface area contributed by atoms with Gasteiger partial charge in [-0.2, -0.15) is 0 Å². The second-order valence-electron chi connectivity index (χ2n) is 11.1. The smallest absolute Gasteiger partial charge is 0.264 e. The van der Waals surface area contributed by atoms with Crippen LogP contribution in [-0.4, -0.2) is 58.0 Å². The molecule has 0 aliphatic carbocycles. The van der Waals surface area contributed by atoms with Crippen molar-refractivity contribution in [3.8, 4) is 11.5 Å². The molecule has 0 bridgehead atoms. The van der Waals surface area contributed by atoms with Gasteiger partial charge in [0.25, 0.3) is 10.0 Å². The molecule has 1 unspecified atom stereocenters.